The van der Waals surface area contributed by atoms with Crippen molar-refractivity contribution < 1.29 is 14.7 Å². The van der Waals surface area contributed by atoms with Gasteiger partial charge in [0.1, 0.15) is 0 Å². The number of hydrogen-bond donors (Lipinski definition) is 1. The molecule has 2 heterocycles. The Morgan fingerprint density at radius 2 is 1.55 bits per heavy atom. The minimum atomic E-state index is -0.457. The van der Waals surface area contributed by atoms with Crippen molar-refractivity contribution in [3.05, 3.63) is 0 Å². The maximum absolute atomic E-state index is 11.8. The van der Waals surface area contributed by atoms with Gasteiger partial charge < -0.3 is 14.9 Å². The van der Waals surface area contributed by atoms with Gasteiger partial charge in [-0.25, -0.2) is 0 Å². The summed E-state index contributed by atoms with van der Waals surface area (Å²) < 4.78 is 0. The number of aliphatic hydroxyl groups excluding tert-OH is 1. The van der Waals surface area contributed by atoms with E-state index in [0.29, 0.717) is 26.2 Å². The number of fused-ring (bicyclic) bond motifs is 2. The second-order valence-corrected chi connectivity index (χ2v) is 6.92. The third kappa shape index (κ3) is 2.32. The molecule has 1 N–H and O–H groups in total. The summed E-state index contributed by atoms with van der Waals surface area (Å²) in [7, 11) is 0. The molecule has 0 aliphatic carbocycles. The van der Waals surface area contributed by atoms with Crippen LogP contribution in [-0.2, 0) is 9.59 Å². The summed E-state index contributed by atoms with van der Waals surface area (Å²) in [4.78, 5) is 27.3. The van der Waals surface area contributed by atoms with Gasteiger partial charge in [0.2, 0.25) is 11.8 Å². The first-order chi connectivity index (χ1) is 9.24. The molecule has 2 fully saturated rings. The van der Waals surface area contributed by atoms with E-state index in [1.807, 2.05) is 16.7 Å². The third-order valence-corrected chi connectivity index (χ3v) is 4.99. The monoisotopic (exact) mass is 282 g/mol. The predicted octanol–water partition coefficient (Wildman–Crippen LogP) is 0.864. The molecule has 0 aromatic carbocycles. The highest BCUT2D eigenvalue weighted by atomic mass is 16.3. The molecule has 0 radical (unpaired) electrons. The Hall–Kier alpha value is -1.10. The van der Waals surface area contributed by atoms with Gasteiger partial charge in [0.25, 0.3) is 0 Å². The molecule has 2 amide bonds. The summed E-state index contributed by atoms with van der Waals surface area (Å²) in [5.41, 5.74) is -0.805. The molecular weight excluding hydrogens is 256 g/mol. The van der Waals surface area contributed by atoms with E-state index < -0.39 is 11.5 Å². The smallest absolute Gasteiger partial charge is 0.219 e. The summed E-state index contributed by atoms with van der Waals surface area (Å²) >= 11 is 0. The van der Waals surface area contributed by atoms with E-state index in [4.69, 9.17) is 0 Å². The molecule has 1 atom stereocenters. The Morgan fingerprint density at radius 3 is 1.90 bits per heavy atom. The first kappa shape index (κ1) is 15.3. The lowest BCUT2D eigenvalue weighted by Crippen LogP contribution is -2.71. The Bertz CT molecular complexity index is 395. The van der Waals surface area contributed by atoms with Crippen LogP contribution in [0.25, 0.3) is 0 Å². The SMILES string of the molecule is CCCC12CN(C(C)=O)CC(C)(CN(C(C)=O)C1)C2O. The Morgan fingerprint density at radius 1 is 1.10 bits per heavy atom. The third-order valence-electron chi connectivity index (χ3n) is 4.99. The van der Waals surface area contributed by atoms with Crippen LogP contribution in [0.4, 0.5) is 0 Å². The summed E-state index contributed by atoms with van der Waals surface area (Å²) in [5, 5.41) is 10.9. The lowest BCUT2D eigenvalue weighted by molar-refractivity contribution is -0.191. The molecule has 2 aliphatic heterocycles. The molecule has 2 bridgehead atoms. The highest BCUT2D eigenvalue weighted by Crippen LogP contribution is 2.48. The van der Waals surface area contributed by atoms with Crippen LogP contribution in [0.3, 0.4) is 0 Å². The van der Waals surface area contributed by atoms with Gasteiger partial charge in [0.15, 0.2) is 0 Å². The van der Waals surface area contributed by atoms with Gasteiger partial charge in [-0.2, -0.15) is 0 Å². The number of carbonyl (C=O) groups excluding carboxylic acids is 2. The van der Waals surface area contributed by atoms with Crippen molar-refractivity contribution in [2.75, 3.05) is 26.2 Å². The zero-order valence-electron chi connectivity index (χ0n) is 13.0. The average Bonchev–Trinajstić information content (AvgIpc) is 2.32. The number of carbonyl (C=O) groups is 2. The first-order valence-electron chi connectivity index (χ1n) is 7.43. The van der Waals surface area contributed by atoms with Crippen molar-refractivity contribution in [3.8, 4) is 0 Å². The van der Waals surface area contributed by atoms with Crippen LogP contribution in [0, 0.1) is 10.8 Å². The normalized spacial score (nSPS) is 37.0. The fourth-order valence-electron chi connectivity index (χ4n) is 4.17. The standard InChI is InChI=1S/C15H26N2O3/c1-5-6-15-9-16(11(2)18)7-14(4,13(15)20)8-17(10-15)12(3)19/h13,20H,5-10H2,1-4H3. The minimum absolute atomic E-state index is 0.0554. The van der Waals surface area contributed by atoms with E-state index in [0.717, 1.165) is 12.8 Å². The van der Waals surface area contributed by atoms with Crippen LogP contribution in [0.1, 0.15) is 40.5 Å². The van der Waals surface area contributed by atoms with Crippen LogP contribution in [0.2, 0.25) is 0 Å². The zero-order valence-corrected chi connectivity index (χ0v) is 13.0. The highest BCUT2D eigenvalue weighted by Gasteiger charge is 2.58. The Kier molecular flexibility index (Phi) is 3.84. The molecule has 2 rings (SSSR count). The number of nitrogens with zero attached hydrogens (tertiary/aromatic N) is 2. The molecule has 2 saturated heterocycles. The number of rotatable bonds is 2. The highest BCUT2D eigenvalue weighted by molar-refractivity contribution is 5.75. The van der Waals surface area contributed by atoms with E-state index in [1.54, 1.807) is 13.8 Å². The van der Waals surface area contributed by atoms with Crippen molar-refractivity contribution in [1.29, 1.82) is 0 Å². The second-order valence-electron chi connectivity index (χ2n) is 6.92. The first-order valence-corrected chi connectivity index (χ1v) is 7.43. The molecule has 2 aliphatic rings. The summed E-state index contributed by atoms with van der Waals surface area (Å²) in [6, 6.07) is 0. The van der Waals surface area contributed by atoms with Gasteiger partial charge in [-0.05, 0) is 6.42 Å². The van der Waals surface area contributed by atoms with E-state index >= 15 is 0 Å². The van der Waals surface area contributed by atoms with Crippen molar-refractivity contribution in [3.63, 3.8) is 0 Å². The maximum Gasteiger partial charge on any atom is 0.219 e. The molecule has 0 aromatic heterocycles. The van der Waals surface area contributed by atoms with Gasteiger partial charge in [-0.3, -0.25) is 9.59 Å². The topological polar surface area (TPSA) is 60.9 Å². The van der Waals surface area contributed by atoms with Gasteiger partial charge in [-0.15, -0.1) is 0 Å². The molecule has 5 nitrogen and oxygen atoms in total. The Balaban J connectivity index is 2.39. The quantitative estimate of drug-likeness (QED) is 0.817. The molecule has 5 heteroatoms. The van der Waals surface area contributed by atoms with Gasteiger partial charge in [0.05, 0.1) is 6.10 Å². The predicted molar refractivity (Wildman–Crippen MR) is 76.0 cm³/mol. The van der Waals surface area contributed by atoms with E-state index in [9.17, 15) is 14.7 Å². The Labute approximate surface area is 120 Å². The molecule has 0 aromatic rings. The van der Waals surface area contributed by atoms with E-state index in [1.165, 1.54) is 0 Å². The lowest BCUT2D eigenvalue weighted by Gasteiger charge is -2.60. The summed E-state index contributed by atoms with van der Waals surface area (Å²) in [6.45, 7) is 9.40. The fraction of sp³-hybridized carbons (Fsp3) is 0.867. The number of amides is 2. The number of likely N-dealkylation sites (tertiary alicyclic amines) is 2. The molecule has 114 valence electrons. The largest absolute Gasteiger partial charge is 0.392 e. The lowest BCUT2D eigenvalue weighted by atomic mass is 9.60. The van der Waals surface area contributed by atoms with Crippen molar-refractivity contribution >= 4 is 11.8 Å². The van der Waals surface area contributed by atoms with Crippen LogP contribution >= 0.6 is 0 Å². The van der Waals surface area contributed by atoms with Gasteiger partial charge in [-0.1, -0.05) is 20.3 Å². The second kappa shape index (κ2) is 5.02. The molecule has 20 heavy (non-hydrogen) atoms. The zero-order chi connectivity index (χ0) is 15.1. The van der Waals surface area contributed by atoms with Crippen LogP contribution in [0.15, 0.2) is 0 Å². The van der Waals surface area contributed by atoms with Crippen LogP contribution in [-0.4, -0.2) is 59.0 Å². The molecule has 0 saturated carbocycles. The van der Waals surface area contributed by atoms with Crippen LogP contribution in [0.5, 0.6) is 0 Å². The number of aliphatic hydroxyl groups is 1. The van der Waals surface area contributed by atoms with Gasteiger partial charge >= 0.3 is 0 Å². The van der Waals surface area contributed by atoms with Crippen molar-refractivity contribution in [1.82, 2.24) is 9.80 Å². The average molecular weight is 282 g/mol. The molecule has 1 unspecified atom stereocenters. The number of piperidine rings is 2. The summed E-state index contributed by atoms with van der Waals surface area (Å²) in [6.07, 6.45) is 1.31. The van der Waals surface area contributed by atoms with Crippen molar-refractivity contribution in [2.24, 2.45) is 10.8 Å². The van der Waals surface area contributed by atoms with E-state index in [-0.39, 0.29) is 17.2 Å². The number of hydrogen-bond acceptors (Lipinski definition) is 3. The maximum atomic E-state index is 11.8. The summed E-state index contributed by atoms with van der Waals surface area (Å²) in [5.74, 6) is 0.111. The van der Waals surface area contributed by atoms with Crippen LogP contribution < -0.4 is 0 Å². The molecular formula is C15H26N2O3. The van der Waals surface area contributed by atoms with E-state index in [2.05, 4.69) is 6.92 Å². The van der Waals surface area contributed by atoms with Gasteiger partial charge in [0, 0.05) is 50.9 Å². The molecule has 0 spiro atoms. The minimum Gasteiger partial charge on any atom is -0.392 e. The van der Waals surface area contributed by atoms with Crippen molar-refractivity contribution in [2.45, 2.75) is 46.6 Å². The fourth-order valence-corrected chi connectivity index (χ4v) is 4.17.